The predicted molar refractivity (Wildman–Crippen MR) is 62.5 cm³/mol. The maximum atomic E-state index is 5.95. The fourth-order valence-electron chi connectivity index (χ4n) is 1.41. The monoisotopic (exact) mass is 221 g/mol. The highest BCUT2D eigenvalue weighted by atomic mass is 35.5. The molecule has 0 bridgehead atoms. The molecule has 2 N–H and O–H groups in total. The summed E-state index contributed by atoms with van der Waals surface area (Å²) < 4.78 is 1.71. The number of nitrogens with two attached hydrogens (primary N) is 1. The first-order valence-corrected chi connectivity index (χ1v) is 5.04. The van der Waals surface area contributed by atoms with Gasteiger partial charge in [0.2, 0.25) is 0 Å². The van der Waals surface area contributed by atoms with Crippen molar-refractivity contribution < 1.29 is 0 Å². The van der Waals surface area contributed by atoms with Crippen molar-refractivity contribution in [1.29, 1.82) is 0 Å². The number of nitrogen functional groups attached to an aromatic ring is 1. The molecule has 1 aromatic heterocycles. The van der Waals surface area contributed by atoms with E-state index < -0.39 is 0 Å². The minimum Gasteiger partial charge on any atom is -0.397 e. The van der Waals surface area contributed by atoms with Crippen LogP contribution >= 0.6 is 11.6 Å². The van der Waals surface area contributed by atoms with E-state index in [1.54, 1.807) is 10.9 Å². The fraction of sp³-hybridized carbons (Fsp3) is 0.182. The Bertz CT molecular complexity index is 483. The zero-order valence-corrected chi connectivity index (χ0v) is 9.42. The second-order valence-corrected chi connectivity index (χ2v) is 3.98. The van der Waals surface area contributed by atoms with Crippen LogP contribution < -0.4 is 5.73 Å². The third kappa shape index (κ3) is 1.83. The van der Waals surface area contributed by atoms with Crippen LogP contribution in [0.3, 0.4) is 0 Å². The number of nitrogens with zero attached hydrogens (tertiary/aromatic N) is 2. The van der Waals surface area contributed by atoms with Gasteiger partial charge in [0.25, 0.3) is 0 Å². The molecule has 1 aromatic carbocycles. The van der Waals surface area contributed by atoms with Crippen LogP contribution in [0.25, 0.3) is 5.69 Å². The molecule has 4 heteroatoms. The number of benzene rings is 1. The van der Waals surface area contributed by atoms with Crippen LogP contribution in [-0.2, 0) is 0 Å². The summed E-state index contributed by atoms with van der Waals surface area (Å²) in [7, 11) is 0. The molecule has 0 saturated heterocycles. The van der Waals surface area contributed by atoms with Gasteiger partial charge in [0.15, 0.2) is 0 Å². The Hall–Kier alpha value is -1.48. The number of rotatable bonds is 1. The quantitative estimate of drug-likeness (QED) is 0.753. The molecule has 0 radical (unpaired) electrons. The number of halogens is 1. The van der Waals surface area contributed by atoms with Crippen molar-refractivity contribution in [2.45, 2.75) is 13.8 Å². The first-order valence-electron chi connectivity index (χ1n) is 4.66. The van der Waals surface area contributed by atoms with Crippen molar-refractivity contribution in [3.8, 4) is 5.69 Å². The van der Waals surface area contributed by atoms with E-state index in [2.05, 4.69) is 5.10 Å². The van der Waals surface area contributed by atoms with Crippen LogP contribution in [-0.4, -0.2) is 9.78 Å². The van der Waals surface area contributed by atoms with Crippen molar-refractivity contribution in [2.75, 3.05) is 5.73 Å². The molecule has 0 aliphatic rings. The van der Waals surface area contributed by atoms with Gasteiger partial charge in [0.05, 0.1) is 22.1 Å². The van der Waals surface area contributed by atoms with E-state index in [1.165, 1.54) is 0 Å². The minimum atomic E-state index is 0.649. The molecule has 78 valence electrons. The average molecular weight is 222 g/mol. The van der Waals surface area contributed by atoms with Gasteiger partial charge in [-0.05, 0) is 31.5 Å². The molecule has 1 heterocycles. The topological polar surface area (TPSA) is 43.8 Å². The Morgan fingerprint density at radius 3 is 2.67 bits per heavy atom. The molecule has 0 atom stereocenters. The molecule has 0 spiro atoms. The summed E-state index contributed by atoms with van der Waals surface area (Å²) in [5.74, 6) is 0. The van der Waals surface area contributed by atoms with E-state index in [1.807, 2.05) is 32.0 Å². The first-order chi connectivity index (χ1) is 7.08. The zero-order chi connectivity index (χ0) is 11.0. The largest absolute Gasteiger partial charge is 0.397 e. The van der Waals surface area contributed by atoms with Gasteiger partial charge in [-0.3, -0.25) is 0 Å². The van der Waals surface area contributed by atoms with Crippen molar-refractivity contribution in [1.82, 2.24) is 9.78 Å². The van der Waals surface area contributed by atoms with Crippen LogP contribution in [0.4, 0.5) is 5.69 Å². The molecular weight excluding hydrogens is 210 g/mol. The summed E-state index contributed by atoms with van der Waals surface area (Å²) in [6.45, 7) is 3.88. The summed E-state index contributed by atoms with van der Waals surface area (Å²) in [5.41, 5.74) is 9.38. The predicted octanol–water partition coefficient (Wildman–Crippen LogP) is 2.72. The Labute approximate surface area is 93.5 Å². The molecule has 0 unspecified atom stereocenters. The maximum absolute atomic E-state index is 5.95. The molecule has 0 amide bonds. The summed E-state index contributed by atoms with van der Waals surface area (Å²) >= 11 is 5.95. The van der Waals surface area contributed by atoms with Crippen molar-refractivity contribution in [3.05, 3.63) is 40.7 Å². The van der Waals surface area contributed by atoms with E-state index in [-0.39, 0.29) is 0 Å². The van der Waals surface area contributed by atoms with Crippen LogP contribution in [0.2, 0.25) is 5.02 Å². The van der Waals surface area contributed by atoms with Crippen molar-refractivity contribution in [3.63, 3.8) is 0 Å². The Kier molecular flexibility index (Phi) is 2.40. The normalized spacial score (nSPS) is 10.6. The molecule has 0 fully saturated rings. The van der Waals surface area contributed by atoms with Crippen molar-refractivity contribution >= 4 is 17.3 Å². The second kappa shape index (κ2) is 3.59. The zero-order valence-electron chi connectivity index (χ0n) is 8.66. The maximum Gasteiger partial charge on any atom is 0.0878 e. The van der Waals surface area contributed by atoms with Gasteiger partial charge in [-0.1, -0.05) is 17.7 Å². The SMILES string of the molecule is Cc1ccc(N)c(-n2cc(Cl)c(C)n2)c1. The van der Waals surface area contributed by atoms with E-state index in [9.17, 15) is 0 Å². The molecule has 3 nitrogen and oxygen atoms in total. The summed E-state index contributed by atoms with van der Waals surface area (Å²) in [4.78, 5) is 0. The molecular formula is C11H12ClN3. The minimum absolute atomic E-state index is 0.649. The van der Waals surface area contributed by atoms with Gasteiger partial charge in [0, 0.05) is 6.20 Å². The number of aryl methyl sites for hydroxylation is 2. The number of hydrogen-bond donors (Lipinski definition) is 1. The lowest BCUT2D eigenvalue weighted by molar-refractivity contribution is 0.864. The second-order valence-electron chi connectivity index (χ2n) is 3.57. The Morgan fingerprint density at radius 1 is 1.33 bits per heavy atom. The Balaban J connectivity index is 2.58. The standard InChI is InChI=1S/C11H12ClN3/c1-7-3-4-10(13)11(5-7)15-6-9(12)8(2)14-15/h3-6H,13H2,1-2H3. The molecule has 0 aliphatic carbocycles. The van der Waals surface area contributed by atoms with Gasteiger partial charge in [-0.25, -0.2) is 4.68 Å². The van der Waals surface area contributed by atoms with Gasteiger partial charge in [0.1, 0.15) is 0 Å². The third-order valence-electron chi connectivity index (χ3n) is 2.27. The van der Waals surface area contributed by atoms with E-state index in [4.69, 9.17) is 17.3 Å². The number of aromatic nitrogens is 2. The Morgan fingerprint density at radius 2 is 2.07 bits per heavy atom. The number of anilines is 1. The summed E-state index contributed by atoms with van der Waals surface area (Å²) in [6.07, 6.45) is 1.77. The van der Waals surface area contributed by atoms with E-state index >= 15 is 0 Å². The summed E-state index contributed by atoms with van der Waals surface area (Å²) in [6, 6.07) is 5.82. The lowest BCUT2D eigenvalue weighted by Gasteiger charge is -2.06. The van der Waals surface area contributed by atoms with Gasteiger partial charge < -0.3 is 5.73 Å². The number of hydrogen-bond acceptors (Lipinski definition) is 2. The highest BCUT2D eigenvalue weighted by Gasteiger charge is 2.06. The lowest BCUT2D eigenvalue weighted by Crippen LogP contribution is -2.00. The molecule has 2 rings (SSSR count). The van der Waals surface area contributed by atoms with E-state index in [0.29, 0.717) is 10.7 Å². The van der Waals surface area contributed by atoms with Crippen LogP contribution in [0.1, 0.15) is 11.3 Å². The fourth-order valence-corrected chi connectivity index (χ4v) is 1.54. The smallest absolute Gasteiger partial charge is 0.0878 e. The molecule has 0 saturated carbocycles. The molecule has 2 aromatic rings. The summed E-state index contributed by atoms with van der Waals surface area (Å²) in [5, 5.41) is 4.94. The van der Waals surface area contributed by atoms with Gasteiger partial charge in [-0.15, -0.1) is 0 Å². The highest BCUT2D eigenvalue weighted by Crippen LogP contribution is 2.21. The molecule has 0 aliphatic heterocycles. The van der Waals surface area contributed by atoms with Crippen LogP contribution in [0.5, 0.6) is 0 Å². The van der Waals surface area contributed by atoms with E-state index in [0.717, 1.165) is 16.9 Å². The van der Waals surface area contributed by atoms with Crippen molar-refractivity contribution in [2.24, 2.45) is 0 Å². The molecule has 15 heavy (non-hydrogen) atoms. The van der Waals surface area contributed by atoms with Gasteiger partial charge >= 0.3 is 0 Å². The highest BCUT2D eigenvalue weighted by molar-refractivity contribution is 6.31. The van der Waals surface area contributed by atoms with Gasteiger partial charge in [-0.2, -0.15) is 5.10 Å². The average Bonchev–Trinajstić information content (AvgIpc) is 2.51. The lowest BCUT2D eigenvalue weighted by atomic mass is 10.2. The van der Waals surface area contributed by atoms with Crippen LogP contribution in [0.15, 0.2) is 24.4 Å². The van der Waals surface area contributed by atoms with Crippen LogP contribution in [0, 0.1) is 13.8 Å². The first kappa shape index (κ1) is 10.1. The third-order valence-corrected chi connectivity index (χ3v) is 2.64.